The number of benzene rings is 1. The second kappa shape index (κ2) is 7.62. The molecular weight excluding hydrogens is 402 g/mol. The first-order valence-electron chi connectivity index (χ1n) is 11.2. The van der Waals surface area contributed by atoms with Crippen LogP contribution in [0.5, 0.6) is 0 Å². The van der Waals surface area contributed by atoms with Crippen molar-refractivity contribution in [1.82, 2.24) is 30.2 Å². The Morgan fingerprint density at radius 2 is 1.97 bits per heavy atom. The Morgan fingerprint density at radius 3 is 2.62 bits per heavy atom. The van der Waals surface area contributed by atoms with Gasteiger partial charge in [0.1, 0.15) is 0 Å². The summed E-state index contributed by atoms with van der Waals surface area (Å²) in [5, 5.41) is 9.35. The van der Waals surface area contributed by atoms with Crippen LogP contribution in [0.3, 0.4) is 0 Å². The molecule has 32 heavy (non-hydrogen) atoms. The number of urea groups is 1. The summed E-state index contributed by atoms with van der Waals surface area (Å²) in [6, 6.07) is 10.3. The Bertz CT molecular complexity index is 1130. The van der Waals surface area contributed by atoms with Crippen molar-refractivity contribution in [3.05, 3.63) is 66.0 Å². The number of aryl methyl sites for hydroxylation is 1. The number of hydrogen-bond acceptors (Lipinski definition) is 5. The van der Waals surface area contributed by atoms with Crippen LogP contribution in [0, 0.1) is 0 Å². The van der Waals surface area contributed by atoms with Gasteiger partial charge in [0, 0.05) is 30.0 Å². The molecule has 2 amide bonds. The van der Waals surface area contributed by atoms with Gasteiger partial charge in [-0.15, -0.1) is 0 Å². The average Bonchev–Trinajstić information content (AvgIpc) is 3.20. The summed E-state index contributed by atoms with van der Waals surface area (Å²) in [4.78, 5) is 25.6. The number of carbonyl (C=O) groups is 1. The smallest absolute Gasteiger partial charge is 0.315 e. The number of nitrogens with zero attached hydrogens (tertiary/aromatic N) is 4. The molecule has 1 saturated heterocycles. The van der Waals surface area contributed by atoms with Gasteiger partial charge in [0.25, 0.3) is 0 Å². The second-order valence-corrected chi connectivity index (χ2v) is 9.29. The Kier molecular flexibility index (Phi) is 4.87. The van der Waals surface area contributed by atoms with Crippen LogP contribution in [-0.4, -0.2) is 38.1 Å². The molecule has 2 aliphatic rings. The summed E-state index contributed by atoms with van der Waals surface area (Å²) in [5.41, 5.74) is 3.74. The highest BCUT2D eigenvalue weighted by Gasteiger charge is 2.47. The first kappa shape index (κ1) is 20.5. The van der Waals surface area contributed by atoms with E-state index < -0.39 is 0 Å². The zero-order valence-corrected chi connectivity index (χ0v) is 18.7. The lowest BCUT2D eigenvalue weighted by molar-refractivity contribution is 0.245. The molecule has 0 bridgehead atoms. The van der Waals surface area contributed by atoms with E-state index in [0.717, 1.165) is 36.3 Å². The quantitative estimate of drug-likeness (QED) is 0.533. The molecule has 166 valence electrons. The van der Waals surface area contributed by atoms with Crippen molar-refractivity contribution >= 4 is 12.0 Å². The summed E-state index contributed by atoms with van der Waals surface area (Å²) < 4.78 is 2.06. The van der Waals surface area contributed by atoms with E-state index >= 15 is 0 Å². The van der Waals surface area contributed by atoms with Gasteiger partial charge in [-0.2, -0.15) is 0 Å². The van der Waals surface area contributed by atoms with Crippen LogP contribution in [-0.2, 0) is 17.4 Å². The third-order valence-corrected chi connectivity index (χ3v) is 6.78. The molecule has 1 unspecified atom stereocenters. The molecule has 1 aliphatic heterocycles. The number of amides is 2. The molecular formula is C24H29N7O. The molecule has 3 heterocycles. The maximum Gasteiger partial charge on any atom is 0.315 e. The van der Waals surface area contributed by atoms with Gasteiger partial charge in [-0.25, -0.2) is 19.7 Å². The molecule has 1 aliphatic carbocycles. The summed E-state index contributed by atoms with van der Waals surface area (Å²) in [6.45, 7) is 6.93. The van der Waals surface area contributed by atoms with E-state index in [1.165, 1.54) is 5.56 Å². The Labute approximate surface area is 187 Å². The Hall–Kier alpha value is -3.42. The summed E-state index contributed by atoms with van der Waals surface area (Å²) in [7, 11) is 0. The summed E-state index contributed by atoms with van der Waals surface area (Å²) >= 11 is 0. The monoisotopic (exact) mass is 431 g/mol. The lowest BCUT2D eigenvalue weighted by Crippen LogP contribution is -2.44. The lowest BCUT2D eigenvalue weighted by Gasteiger charge is -2.30. The van der Waals surface area contributed by atoms with Crippen molar-refractivity contribution in [2.24, 2.45) is 0 Å². The fraction of sp³-hybridized carbons (Fsp3) is 0.417. The van der Waals surface area contributed by atoms with Crippen LogP contribution in [0.25, 0.3) is 5.69 Å². The van der Waals surface area contributed by atoms with Crippen LogP contribution < -0.4 is 16.0 Å². The highest BCUT2D eigenvalue weighted by atomic mass is 16.2. The van der Waals surface area contributed by atoms with Gasteiger partial charge in [-0.1, -0.05) is 32.9 Å². The maximum atomic E-state index is 11.6. The number of carbonyl (C=O) groups excluding carboxylic acids is 1. The molecule has 1 aromatic carbocycles. The molecule has 3 aromatic rings. The molecule has 1 saturated carbocycles. The minimum absolute atomic E-state index is 0.0255. The van der Waals surface area contributed by atoms with Crippen molar-refractivity contribution in [3.8, 4) is 5.69 Å². The molecule has 5 rings (SSSR count). The van der Waals surface area contributed by atoms with Crippen LogP contribution in [0.15, 0.2) is 49.1 Å². The average molecular weight is 432 g/mol. The Balaban J connectivity index is 1.35. The molecule has 2 aromatic heterocycles. The number of rotatable bonds is 7. The van der Waals surface area contributed by atoms with Gasteiger partial charge in [0.05, 0.1) is 29.3 Å². The molecule has 0 spiro atoms. The van der Waals surface area contributed by atoms with E-state index in [1.807, 2.05) is 12.4 Å². The first-order valence-corrected chi connectivity index (χ1v) is 11.2. The topological polar surface area (TPSA) is 96.8 Å². The first-order chi connectivity index (χ1) is 15.4. The fourth-order valence-electron chi connectivity index (χ4n) is 4.25. The van der Waals surface area contributed by atoms with Gasteiger partial charge in [-0.05, 0) is 43.0 Å². The van der Waals surface area contributed by atoms with Gasteiger partial charge >= 0.3 is 6.03 Å². The largest absolute Gasteiger partial charge is 0.343 e. The highest BCUT2D eigenvalue weighted by Crippen LogP contribution is 2.47. The predicted molar refractivity (Wildman–Crippen MR) is 123 cm³/mol. The van der Waals surface area contributed by atoms with Crippen molar-refractivity contribution in [2.45, 2.75) is 57.0 Å². The summed E-state index contributed by atoms with van der Waals surface area (Å²) in [5.74, 6) is 0.590. The zero-order valence-electron chi connectivity index (χ0n) is 18.7. The van der Waals surface area contributed by atoms with E-state index in [-0.39, 0.29) is 23.0 Å². The standard InChI is InChI=1S/C24H29N7O/c1-4-16-5-7-17(8-6-16)31-14-20(27-15-31)24(10-11-24)30-21-25-12-9-18(28-21)23(2,3)19-13-26-22(32)29-19/h5-9,12,14-15,19H,4,10-11,13H2,1-3H3,(H,25,28,30)(H2,26,29,32). The number of anilines is 1. The zero-order chi connectivity index (χ0) is 22.3. The molecule has 8 nitrogen and oxygen atoms in total. The van der Waals surface area contributed by atoms with Crippen molar-refractivity contribution in [1.29, 1.82) is 0 Å². The van der Waals surface area contributed by atoms with Gasteiger partial charge in [0.15, 0.2) is 0 Å². The minimum atomic E-state index is -0.332. The minimum Gasteiger partial charge on any atom is -0.343 e. The van der Waals surface area contributed by atoms with E-state index in [2.05, 4.69) is 76.7 Å². The molecule has 2 fully saturated rings. The van der Waals surface area contributed by atoms with E-state index in [0.29, 0.717) is 12.5 Å². The van der Waals surface area contributed by atoms with Gasteiger partial charge in [-0.3, -0.25) is 0 Å². The maximum absolute atomic E-state index is 11.6. The van der Waals surface area contributed by atoms with Crippen molar-refractivity contribution in [3.63, 3.8) is 0 Å². The lowest BCUT2D eigenvalue weighted by atomic mass is 9.81. The van der Waals surface area contributed by atoms with E-state index in [4.69, 9.17) is 9.97 Å². The molecule has 3 N–H and O–H groups in total. The third kappa shape index (κ3) is 3.70. The molecule has 1 atom stereocenters. The van der Waals surface area contributed by atoms with E-state index in [1.54, 1.807) is 6.20 Å². The van der Waals surface area contributed by atoms with Crippen molar-refractivity contribution in [2.75, 3.05) is 11.9 Å². The van der Waals surface area contributed by atoms with Gasteiger partial charge < -0.3 is 20.5 Å². The van der Waals surface area contributed by atoms with E-state index in [9.17, 15) is 4.79 Å². The van der Waals surface area contributed by atoms with Gasteiger partial charge in [0.2, 0.25) is 5.95 Å². The predicted octanol–water partition coefficient (Wildman–Crippen LogP) is 3.28. The van der Waals surface area contributed by atoms with Crippen LogP contribution in [0.1, 0.15) is 50.6 Å². The second-order valence-electron chi connectivity index (χ2n) is 9.29. The fourth-order valence-corrected chi connectivity index (χ4v) is 4.25. The highest BCUT2D eigenvalue weighted by molar-refractivity contribution is 5.77. The number of hydrogen-bond donors (Lipinski definition) is 3. The van der Waals surface area contributed by atoms with Crippen LogP contribution in [0.4, 0.5) is 10.7 Å². The number of imidazole rings is 1. The van der Waals surface area contributed by atoms with Crippen molar-refractivity contribution < 1.29 is 4.79 Å². The Morgan fingerprint density at radius 1 is 1.19 bits per heavy atom. The third-order valence-electron chi connectivity index (χ3n) is 6.78. The van der Waals surface area contributed by atoms with Crippen LogP contribution >= 0.6 is 0 Å². The SMILES string of the molecule is CCc1ccc(-n2cnc(C3(Nc4nccc(C(C)(C)C5CNC(=O)N5)n4)CC3)c2)cc1. The molecule has 0 radical (unpaired) electrons. The molecule has 8 heteroatoms. The van der Waals surface area contributed by atoms with Crippen LogP contribution in [0.2, 0.25) is 0 Å². The normalized spacial score (nSPS) is 19.3. The number of aromatic nitrogens is 4. The summed E-state index contributed by atoms with van der Waals surface area (Å²) in [6.07, 6.45) is 8.74. The number of nitrogens with one attached hydrogen (secondary N) is 3.